The second-order valence-electron chi connectivity index (χ2n) is 3.63. The van der Waals surface area contributed by atoms with Gasteiger partial charge in [0.15, 0.2) is 0 Å². The van der Waals surface area contributed by atoms with Crippen LogP contribution in [0.2, 0.25) is 0 Å². The Bertz CT molecular complexity index is 203. The molecule has 70 valence electrons. The van der Waals surface area contributed by atoms with E-state index >= 15 is 0 Å². The van der Waals surface area contributed by atoms with Crippen LogP contribution < -0.4 is 11.1 Å². The van der Waals surface area contributed by atoms with Gasteiger partial charge in [-0.2, -0.15) is 0 Å². The normalized spacial score (nSPS) is 33.6. The number of nitrogens with two attached hydrogens (primary N) is 1. The molecule has 3 N–H and O–H groups in total. The number of primary amides is 1. The maximum absolute atomic E-state index is 11.2. The molecule has 1 aliphatic rings. The number of likely N-dealkylation sites (N-methyl/N-ethyl adjacent to an activating group) is 1. The fourth-order valence-corrected chi connectivity index (χ4v) is 1.85. The minimum absolute atomic E-state index is 0.340. The molecule has 0 bridgehead atoms. The van der Waals surface area contributed by atoms with Crippen LogP contribution in [-0.4, -0.2) is 30.7 Å². The summed E-state index contributed by atoms with van der Waals surface area (Å²) in [6.45, 7) is 4.33. The topological polar surface area (TPSA) is 64.3 Å². The Morgan fingerprint density at radius 3 is 2.33 bits per heavy atom. The van der Waals surface area contributed by atoms with Gasteiger partial charge in [0, 0.05) is 13.0 Å². The van der Waals surface area contributed by atoms with Crippen molar-refractivity contribution in [3.63, 3.8) is 0 Å². The minimum atomic E-state index is -0.701. The smallest absolute Gasteiger partial charge is 0.240 e. The van der Waals surface area contributed by atoms with Crippen LogP contribution in [0.5, 0.6) is 0 Å². The second-order valence-corrected chi connectivity index (χ2v) is 3.63. The average molecular weight is 172 g/mol. The third-order valence-corrected chi connectivity index (χ3v) is 2.82. The van der Waals surface area contributed by atoms with Crippen LogP contribution >= 0.6 is 0 Å². The van der Waals surface area contributed by atoms with Gasteiger partial charge in [0.1, 0.15) is 5.54 Å². The molecule has 1 rings (SSSR count). The molecule has 0 aliphatic carbocycles. The lowest BCUT2D eigenvalue weighted by Crippen LogP contribution is -2.63. The fourth-order valence-electron chi connectivity index (χ4n) is 1.85. The van der Waals surface area contributed by atoms with Gasteiger partial charge in [0.25, 0.3) is 0 Å². The highest BCUT2D eigenvalue weighted by Crippen LogP contribution is 2.34. The predicted octanol–water partition coefficient (Wildman–Crippen LogP) is -0.371. The number of rotatable bonds is 2. The Morgan fingerprint density at radius 2 is 2.17 bits per heavy atom. The number of ether oxygens (including phenoxy) is 1. The van der Waals surface area contributed by atoms with Crippen molar-refractivity contribution in [1.82, 2.24) is 5.32 Å². The lowest BCUT2D eigenvalue weighted by atomic mass is 9.81. The number of amides is 1. The van der Waals surface area contributed by atoms with Gasteiger partial charge in [-0.05, 0) is 20.9 Å². The van der Waals surface area contributed by atoms with Gasteiger partial charge in [0.2, 0.25) is 5.91 Å². The molecular formula is C8H16N2O2. The predicted molar refractivity (Wildman–Crippen MR) is 45.6 cm³/mol. The molecule has 1 unspecified atom stereocenters. The van der Waals surface area contributed by atoms with E-state index in [0.717, 1.165) is 0 Å². The van der Waals surface area contributed by atoms with Gasteiger partial charge in [-0.3, -0.25) is 4.79 Å². The summed E-state index contributed by atoms with van der Waals surface area (Å²) in [6, 6.07) is 0. The van der Waals surface area contributed by atoms with Crippen molar-refractivity contribution in [2.45, 2.75) is 31.4 Å². The third-order valence-electron chi connectivity index (χ3n) is 2.82. The highest BCUT2D eigenvalue weighted by molar-refractivity contribution is 5.86. The molecule has 1 saturated heterocycles. The Kier molecular flexibility index (Phi) is 2.14. The highest BCUT2D eigenvalue weighted by Gasteiger charge is 2.53. The monoisotopic (exact) mass is 172 g/mol. The minimum Gasteiger partial charge on any atom is -0.373 e. The number of nitrogens with one attached hydrogen (secondary N) is 1. The lowest BCUT2D eigenvalue weighted by molar-refractivity contribution is -0.130. The largest absolute Gasteiger partial charge is 0.373 e. The van der Waals surface area contributed by atoms with Crippen LogP contribution in [0.15, 0.2) is 0 Å². The van der Waals surface area contributed by atoms with E-state index in [-0.39, 0.29) is 5.91 Å². The van der Waals surface area contributed by atoms with Crippen molar-refractivity contribution in [3.8, 4) is 0 Å². The summed E-state index contributed by atoms with van der Waals surface area (Å²) in [4.78, 5) is 11.2. The molecule has 4 nitrogen and oxygen atoms in total. The van der Waals surface area contributed by atoms with Crippen LogP contribution in [0.4, 0.5) is 0 Å². The summed E-state index contributed by atoms with van der Waals surface area (Å²) in [6.07, 6.45) is 0.645. The van der Waals surface area contributed by atoms with Crippen molar-refractivity contribution in [3.05, 3.63) is 0 Å². The van der Waals surface area contributed by atoms with Crippen LogP contribution in [-0.2, 0) is 9.53 Å². The first kappa shape index (κ1) is 9.48. The zero-order chi connectivity index (χ0) is 9.41. The summed E-state index contributed by atoms with van der Waals surface area (Å²) in [7, 11) is 1.74. The molecule has 0 spiro atoms. The van der Waals surface area contributed by atoms with E-state index in [1.54, 1.807) is 7.05 Å². The Labute approximate surface area is 72.5 Å². The van der Waals surface area contributed by atoms with Gasteiger partial charge in [-0.1, -0.05) is 0 Å². The van der Waals surface area contributed by atoms with E-state index in [4.69, 9.17) is 10.5 Å². The van der Waals surface area contributed by atoms with Gasteiger partial charge in [-0.25, -0.2) is 0 Å². The molecule has 1 heterocycles. The van der Waals surface area contributed by atoms with E-state index in [1.807, 2.05) is 13.8 Å². The number of hydrogen-bond donors (Lipinski definition) is 2. The van der Waals surface area contributed by atoms with Crippen LogP contribution in [0.25, 0.3) is 0 Å². The zero-order valence-electron chi connectivity index (χ0n) is 7.81. The molecule has 0 radical (unpaired) electrons. The molecule has 1 fully saturated rings. The van der Waals surface area contributed by atoms with Crippen molar-refractivity contribution in [2.75, 3.05) is 13.7 Å². The molecular weight excluding hydrogens is 156 g/mol. The first-order chi connectivity index (χ1) is 5.46. The first-order valence-electron chi connectivity index (χ1n) is 4.09. The molecule has 1 atom stereocenters. The van der Waals surface area contributed by atoms with Gasteiger partial charge in [-0.15, -0.1) is 0 Å². The Hall–Kier alpha value is -0.610. The van der Waals surface area contributed by atoms with E-state index in [9.17, 15) is 4.79 Å². The van der Waals surface area contributed by atoms with Crippen molar-refractivity contribution in [2.24, 2.45) is 5.73 Å². The number of carbonyl (C=O) groups excluding carboxylic acids is 1. The lowest BCUT2D eigenvalue weighted by Gasteiger charge is -2.36. The zero-order valence-corrected chi connectivity index (χ0v) is 7.81. The van der Waals surface area contributed by atoms with Gasteiger partial charge >= 0.3 is 0 Å². The molecule has 1 amide bonds. The van der Waals surface area contributed by atoms with Crippen molar-refractivity contribution in [1.29, 1.82) is 0 Å². The molecule has 0 aromatic heterocycles. The average Bonchev–Trinajstić information content (AvgIpc) is 2.25. The molecule has 0 saturated carbocycles. The number of carbonyl (C=O) groups is 1. The van der Waals surface area contributed by atoms with Crippen LogP contribution in [0, 0.1) is 0 Å². The van der Waals surface area contributed by atoms with E-state index in [1.165, 1.54) is 0 Å². The summed E-state index contributed by atoms with van der Waals surface area (Å²) in [5, 5.41) is 2.97. The Balaban J connectivity index is 3.00. The molecule has 4 heteroatoms. The highest BCUT2D eigenvalue weighted by atomic mass is 16.5. The van der Waals surface area contributed by atoms with Crippen molar-refractivity contribution >= 4 is 5.91 Å². The van der Waals surface area contributed by atoms with Crippen molar-refractivity contribution < 1.29 is 9.53 Å². The molecule has 1 aliphatic heterocycles. The molecule has 0 aromatic rings. The quantitative estimate of drug-likeness (QED) is 0.597. The third kappa shape index (κ3) is 1.03. The first-order valence-corrected chi connectivity index (χ1v) is 4.09. The summed E-state index contributed by atoms with van der Waals surface area (Å²) in [5.41, 5.74) is 4.13. The van der Waals surface area contributed by atoms with Gasteiger partial charge < -0.3 is 15.8 Å². The molecule has 12 heavy (non-hydrogen) atoms. The summed E-state index contributed by atoms with van der Waals surface area (Å²) in [5.74, 6) is -0.340. The van der Waals surface area contributed by atoms with Crippen LogP contribution in [0.3, 0.4) is 0 Å². The maximum Gasteiger partial charge on any atom is 0.240 e. The van der Waals surface area contributed by atoms with Crippen LogP contribution in [0.1, 0.15) is 20.3 Å². The summed E-state index contributed by atoms with van der Waals surface area (Å²) >= 11 is 0. The van der Waals surface area contributed by atoms with E-state index < -0.39 is 11.1 Å². The second kappa shape index (κ2) is 2.71. The van der Waals surface area contributed by atoms with E-state index in [0.29, 0.717) is 13.0 Å². The SMILES string of the molecule is CNC1(C(N)=O)CCOC1(C)C. The van der Waals surface area contributed by atoms with Gasteiger partial charge in [0.05, 0.1) is 5.60 Å². The summed E-state index contributed by atoms with van der Waals surface area (Å²) < 4.78 is 5.45. The Morgan fingerprint density at radius 1 is 1.58 bits per heavy atom. The van der Waals surface area contributed by atoms with E-state index in [2.05, 4.69) is 5.32 Å². The maximum atomic E-state index is 11.2. The molecule has 0 aromatic carbocycles. The number of hydrogen-bond acceptors (Lipinski definition) is 3. The fraction of sp³-hybridized carbons (Fsp3) is 0.875. The standard InChI is InChI=1S/C8H16N2O2/c1-7(2)8(10-3,6(9)11)4-5-12-7/h10H,4-5H2,1-3H3,(H2,9,11).